The second kappa shape index (κ2) is 8.05. The van der Waals surface area contributed by atoms with Crippen molar-refractivity contribution >= 4 is 12.0 Å². The zero-order valence-electron chi connectivity index (χ0n) is 16.5. The van der Waals surface area contributed by atoms with Gasteiger partial charge in [0.1, 0.15) is 11.5 Å². The topological polar surface area (TPSA) is 48.6 Å². The highest BCUT2D eigenvalue weighted by Gasteiger charge is 2.20. The Morgan fingerprint density at radius 2 is 1.92 bits per heavy atom. The summed E-state index contributed by atoms with van der Waals surface area (Å²) < 4.78 is 6.10. The van der Waals surface area contributed by atoms with Crippen LogP contribution in [0.5, 0.6) is 11.5 Å². The van der Waals surface area contributed by atoms with Crippen LogP contribution in [0.15, 0.2) is 41.4 Å². The van der Waals surface area contributed by atoms with E-state index in [0.717, 1.165) is 40.4 Å². The lowest BCUT2D eigenvalue weighted by Crippen LogP contribution is -2.14. The van der Waals surface area contributed by atoms with Gasteiger partial charge in [0.15, 0.2) is 0 Å². The van der Waals surface area contributed by atoms with Crippen molar-refractivity contribution in [2.24, 2.45) is 4.99 Å². The number of hydrogen-bond acceptors (Lipinski definition) is 3. The molecule has 0 atom stereocenters. The average Bonchev–Trinajstić information content (AvgIpc) is 2.63. The standard InChI is InChI=1S/C22H27N3O/c1-7-25(6)15-24-20-11-17(3)21(12-16(20)2)26-19-10-8-9-18(13-19)22(4,5)14-23/h8-13,15H,7H2,1-6H3. The largest absolute Gasteiger partial charge is 0.457 e. The summed E-state index contributed by atoms with van der Waals surface area (Å²) in [6.45, 7) is 10.9. The van der Waals surface area contributed by atoms with E-state index in [1.807, 2.05) is 82.4 Å². The van der Waals surface area contributed by atoms with Crippen molar-refractivity contribution in [3.63, 3.8) is 0 Å². The van der Waals surface area contributed by atoms with E-state index in [-0.39, 0.29) is 0 Å². The lowest BCUT2D eigenvalue weighted by atomic mass is 9.86. The van der Waals surface area contributed by atoms with Crippen molar-refractivity contribution in [1.82, 2.24) is 4.90 Å². The molecular weight excluding hydrogens is 322 g/mol. The third-order valence-electron chi connectivity index (χ3n) is 4.45. The van der Waals surface area contributed by atoms with E-state index < -0.39 is 5.41 Å². The molecule has 0 saturated heterocycles. The van der Waals surface area contributed by atoms with E-state index in [0.29, 0.717) is 0 Å². The summed E-state index contributed by atoms with van der Waals surface area (Å²) >= 11 is 0. The maximum Gasteiger partial charge on any atom is 0.130 e. The predicted octanol–water partition coefficient (Wildman–Crippen LogP) is 5.51. The van der Waals surface area contributed by atoms with E-state index in [1.165, 1.54) is 0 Å². The van der Waals surface area contributed by atoms with Gasteiger partial charge < -0.3 is 9.64 Å². The van der Waals surface area contributed by atoms with Crippen molar-refractivity contribution in [2.75, 3.05) is 13.6 Å². The number of nitriles is 1. The molecule has 0 radical (unpaired) electrons. The van der Waals surface area contributed by atoms with E-state index in [9.17, 15) is 5.26 Å². The van der Waals surface area contributed by atoms with Crippen LogP contribution < -0.4 is 4.74 Å². The summed E-state index contributed by atoms with van der Waals surface area (Å²) in [7, 11) is 2.00. The number of nitrogens with zero attached hydrogens (tertiary/aromatic N) is 3. The van der Waals surface area contributed by atoms with Crippen molar-refractivity contribution in [2.45, 2.75) is 40.0 Å². The third-order valence-corrected chi connectivity index (χ3v) is 4.45. The van der Waals surface area contributed by atoms with Gasteiger partial charge in [0.05, 0.1) is 23.5 Å². The zero-order valence-corrected chi connectivity index (χ0v) is 16.5. The molecule has 0 aliphatic carbocycles. The van der Waals surface area contributed by atoms with Crippen LogP contribution in [0.4, 0.5) is 5.69 Å². The molecule has 0 aliphatic heterocycles. The number of benzene rings is 2. The maximum atomic E-state index is 9.34. The molecule has 4 heteroatoms. The molecule has 0 saturated carbocycles. The highest BCUT2D eigenvalue weighted by Crippen LogP contribution is 2.33. The Hall–Kier alpha value is -2.80. The number of hydrogen-bond donors (Lipinski definition) is 0. The van der Waals surface area contributed by atoms with Crippen LogP contribution in [0.2, 0.25) is 0 Å². The zero-order chi connectivity index (χ0) is 19.3. The molecule has 0 heterocycles. The number of aliphatic imine (C=N–C) groups is 1. The molecule has 0 N–H and O–H groups in total. The molecule has 0 fully saturated rings. The van der Waals surface area contributed by atoms with Crippen LogP contribution in [-0.2, 0) is 5.41 Å². The molecule has 4 nitrogen and oxygen atoms in total. The fraction of sp³-hybridized carbons (Fsp3) is 0.364. The molecule has 2 rings (SSSR count). The first kappa shape index (κ1) is 19.5. The van der Waals surface area contributed by atoms with E-state index in [4.69, 9.17) is 4.74 Å². The van der Waals surface area contributed by atoms with Gasteiger partial charge in [0.25, 0.3) is 0 Å². The Bertz CT molecular complexity index is 847. The first-order valence-electron chi connectivity index (χ1n) is 8.82. The van der Waals surface area contributed by atoms with Gasteiger partial charge in [0.2, 0.25) is 0 Å². The van der Waals surface area contributed by atoms with E-state index >= 15 is 0 Å². The Morgan fingerprint density at radius 3 is 2.58 bits per heavy atom. The molecule has 26 heavy (non-hydrogen) atoms. The normalized spacial score (nSPS) is 11.4. The Kier molecular flexibility index (Phi) is 6.05. The highest BCUT2D eigenvalue weighted by molar-refractivity contribution is 5.64. The molecule has 0 bridgehead atoms. The van der Waals surface area contributed by atoms with Crippen LogP contribution in [0.3, 0.4) is 0 Å². The smallest absolute Gasteiger partial charge is 0.130 e. The van der Waals surface area contributed by atoms with Gasteiger partial charge in [-0.3, -0.25) is 0 Å². The number of aryl methyl sites for hydroxylation is 2. The Balaban J connectivity index is 2.29. The number of rotatable bonds is 6. The first-order chi connectivity index (χ1) is 12.3. The molecule has 2 aromatic rings. The monoisotopic (exact) mass is 349 g/mol. The molecule has 0 spiro atoms. The van der Waals surface area contributed by atoms with Gasteiger partial charge in [0, 0.05) is 13.6 Å². The summed E-state index contributed by atoms with van der Waals surface area (Å²) in [6, 6.07) is 14.1. The summed E-state index contributed by atoms with van der Waals surface area (Å²) in [5, 5.41) is 9.34. The highest BCUT2D eigenvalue weighted by atomic mass is 16.5. The van der Waals surface area contributed by atoms with E-state index in [1.54, 1.807) is 0 Å². The SMILES string of the molecule is CCN(C)C=Nc1cc(C)c(Oc2cccc(C(C)(C)C#N)c2)cc1C. The lowest BCUT2D eigenvalue weighted by Gasteiger charge is -2.17. The summed E-state index contributed by atoms with van der Waals surface area (Å²) in [6.07, 6.45) is 1.84. The quantitative estimate of drug-likeness (QED) is 0.510. The summed E-state index contributed by atoms with van der Waals surface area (Å²) in [4.78, 5) is 6.58. The minimum atomic E-state index is -0.547. The summed E-state index contributed by atoms with van der Waals surface area (Å²) in [5.74, 6) is 1.53. The van der Waals surface area contributed by atoms with Crippen molar-refractivity contribution < 1.29 is 4.74 Å². The van der Waals surface area contributed by atoms with Gasteiger partial charge in [-0.05, 0) is 75.6 Å². The van der Waals surface area contributed by atoms with Crippen molar-refractivity contribution in [3.05, 3.63) is 53.1 Å². The van der Waals surface area contributed by atoms with Crippen LogP contribution in [-0.4, -0.2) is 24.8 Å². The van der Waals surface area contributed by atoms with Gasteiger partial charge in [-0.15, -0.1) is 0 Å². The maximum absolute atomic E-state index is 9.34. The minimum absolute atomic E-state index is 0.547. The Labute approximate surface area is 156 Å². The van der Waals surface area contributed by atoms with Gasteiger partial charge >= 0.3 is 0 Å². The minimum Gasteiger partial charge on any atom is -0.457 e. The third kappa shape index (κ3) is 4.64. The second-order valence-electron chi connectivity index (χ2n) is 7.09. The summed E-state index contributed by atoms with van der Waals surface area (Å²) in [5.41, 5.74) is 3.41. The molecule has 136 valence electrons. The van der Waals surface area contributed by atoms with Crippen LogP contribution >= 0.6 is 0 Å². The van der Waals surface area contributed by atoms with Crippen LogP contribution in [0.1, 0.15) is 37.5 Å². The fourth-order valence-electron chi connectivity index (χ4n) is 2.41. The Morgan fingerprint density at radius 1 is 1.19 bits per heavy atom. The van der Waals surface area contributed by atoms with Crippen molar-refractivity contribution in [1.29, 1.82) is 5.26 Å². The van der Waals surface area contributed by atoms with E-state index in [2.05, 4.69) is 18.0 Å². The predicted molar refractivity (Wildman–Crippen MR) is 108 cm³/mol. The molecule has 2 aromatic carbocycles. The first-order valence-corrected chi connectivity index (χ1v) is 8.82. The van der Waals surface area contributed by atoms with Gasteiger partial charge in [-0.2, -0.15) is 5.26 Å². The molecule has 0 unspecified atom stereocenters. The average molecular weight is 349 g/mol. The molecular formula is C22H27N3O. The van der Waals surface area contributed by atoms with Gasteiger partial charge in [-0.25, -0.2) is 4.99 Å². The molecule has 0 aromatic heterocycles. The number of ether oxygens (including phenoxy) is 1. The molecule has 0 aliphatic rings. The second-order valence-corrected chi connectivity index (χ2v) is 7.09. The fourth-order valence-corrected chi connectivity index (χ4v) is 2.41. The lowest BCUT2D eigenvalue weighted by molar-refractivity contribution is 0.476. The van der Waals surface area contributed by atoms with Crippen molar-refractivity contribution in [3.8, 4) is 17.6 Å². The van der Waals surface area contributed by atoms with Crippen LogP contribution in [0, 0.1) is 25.2 Å². The molecule has 0 amide bonds. The van der Waals surface area contributed by atoms with Gasteiger partial charge in [-0.1, -0.05) is 12.1 Å². The van der Waals surface area contributed by atoms with Crippen LogP contribution in [0.25, 0.3) is 0 Å².